The maximum Gasteiger partial charge on any atom is 0.268 e. The minimum absolute atomic E-state index is 0.160. The van der Waals surface area contributed by atoms with E-state index in [0.717, 1.165) is 12.2 Å². The molecule has 3 aromatic carbocycles. The summed E-state index contributed by atoms with van der Waals surface area (Å²) in [7, 11) is 0.172. The van der Waals surface area contributed by atoms with Gasteiger partial charge in [-0.1, -0.05) is 74.0 Å². The smallest absolute Gasteiger partial charge is 0.268 e. The first kappa shape index (κ1) is 34.6. The molecule has 0 radical (unpaired) electrons. The average Bonchev–Trinajstić information content (AvgIpc) is 3.48. The van der Waals surface area contributed by atoms with Crippen molar-refractivity contribution in [3.63, 3.8) is 0 Å². The standard InChI is InChI=1S/C36H40ClN7O3S/c1-36(2,24-40-34(45)26-16-18-27(19-17-26)38-20-10-11-21-43(3)4)25-41-35-39-22-31(37)33(42-35)30-23-44(32-15-9-8-14-29(30)32)48(46,47)28-12-6-5-7-13-28/h5-19,22-23,38H,20-21,24-25H2,1-4H3,(H,40,45)(H,39,41,42)/b11-10+. The highest BCUT2D eigenvalue weighted by atomic mass is 35.5. The third-order valence-electron chi connectivity index (χ3n) is 7.64. The van der Waals surface area contributed by atoms with Crippen LogP contribution in [0.25, 0.3) is 22.2 Å². The first-order chi connectivity index (χ1) is 22.9. The van der Waals surface area contributed by atoms with Crippen LogP contribution in [0.15, 0.2) is 108 Å². The number of para-hydroxylation sites is 1. The molecule has 5 rings (SSSR count). The van der Waals surface area contributed by atoms with E-state index in [4.69, 9.17) is 16.6 Å². The number of halogens is 1. The summed E-state index contributed by atoms with van der Waals surface area (Å²) in [6.45, 7) is 6.49. The molecule has 0 spiro atoms. The van der Waals surface area contributed by atoms with Crippen LogP contribution in [0.1, 0.15) is 24.2 Å². The van der Waals surface area contributed by atoms with Gasteiger partial charge < -0.3 is 20.9 Å². The van der Waals surface area contributed by atoms with Gasteiger partial charge in [-0.3, -0.25) is 4.79 Å². The molecule has 10 nitrogen and oxygen atoms in total. The number of amides is 1. The number of fused-ring (bicyclic) bond motifs is 1. The maximum atomic E-state index is 13.6. The van der Waals surface area contributed by atoms with Gasteiger partial charge in [0, 0.05) is 54.6 Å². The van der Waals surface area contributed by atoms with Crippen molar-refractivity contribution in [2.45, 2.75) is 18.7 Å². The molecule has 0 atom stereocenters. The van der Waals surface area contributed by atoms with Gasteiger partial charge in [0.2, 0.25) is 5.95 Å². The van der Waals surface area contributed by atoms with Crippen molar-refractivity contribution >= 4 is 50.1 Å². The highest BCUT2D eigenvalue weighted by Crippen LogP contribution is 2.35. The molecule has 48 heavy (non-hydrogen) atoms. The van der Waals surface area contributed by atoms with Gasteiger partial charge in [-0.2, -0.15) is 0 Å². The number of likely N-dealkylation sites (N-methyl/N-ethyl adjacent to an activating group) is 1. The van der Waals surface area contributed by atoms with Crippen LogP contribution in [0.2, 0.25) is 5.02 Å². The zero-order chi connectivity index (χ0) is 34.3. The number of hydrogen-bond donors (Lipinski definition) is 3. The van der Waals surface area contributed by atoms with Crippen LogP contribution >= 0.6 is 11.6 Å². The molecule has 5 aromatic rings. The minimum atomic E-state index is -3.88. The van der Waals surface area contributed by atoms with Crippen molar-refractivity contribution in [2.24, 2.45) is 5.41 Å². The third-order valence-corrected chi connectivity index (χ3v) is 9.60. The number of nitrogens with zero attached hydrogens (tertiary/aromatic N) is 4. The molecule has 0 aliphatic heterocycles. The second-order valence-corrected chi connectivity index (χ2v) is 14.7. The Morgan fingerprint density at radius 2 is 1.65 bits per heavy atom. The number of aromatic nitrogens is 3. The van der Waals surface area contributed by atoms with E-state index < -0.39 is 10.0 Å². The Morgan fingerprint density at radius 1 is 0.938 bits per heavy atom. The number of carbonyl (C=O) groups is 1. The van der Waals surface area contributed by atoms with Crippen molar-refractivity contribution in [1.82, 2.24) is 24.2 Å². The Hall–Kier alpha value is -4.71. The van der Waals surface area contributed by atoms with E-state index in [1.54, 1.807) is 60.8 Å². The van der Waals surface area contributed by atoms with Crippen LogP contribution in [-0.4, -0.2) is 73.4 Å². The molecule has 0 unspecified atom stereocenters. The predicted molar refractivity (Wildman–Crippen MR) is 194 cm³/mol. The SMILES string of the molecule is CN(C)C/C=C/CNc1ccc(C(=O)NCC(C)(C)CNc2ncc(Cl)c(-c3cn(S(=O)(=O)c4ccccc4)c4ccccc34)n2)cc1. The van der Waals surface area contributed by atoms with E-state index in [2.05, 4.69) is 38.0 Å². The van der Waals surface area contributed by atoms with Gasteiger partial charge in [-0.25, -0.2) is 22.4 Å². The van der Waals surface area contributed by atoms with Crippen molar-refractivity contribution in [3.8, 4) is 11.3 Å². The molecule has 1 amide bonds. The predicted octanol–water partition coefficient (Wildman–Crippen LogP) is 6.39. The molecule has 0 aliphatic carbocycles. The lowest BCUT2D eigenvalue weighted by Crippen LogP contribution is -2.38. The van der Waals surface area contributed by atoms with Crippen molar-refractivity contribution in [1.29, 1.82) is 0 Å². The van der Waals surface area contributed by atoms with E-state index in [0.29, 0.717) is 53.3 Å². The molecule has 2 heterocycles. The lowest BCUT2D eigenvalue weighted by Gasteiger charge is -2.25. The largest absolute Gasteiger partial charge is 0.382 e. The number of hydrogen-bond acceptors (Lipinski definition) is 8. The molecule has 12 heteroatoms. The highest BCUT2D eigenvalue weighted by Gasteiger charge is 2.24. The molecule has 0 aliphatic rings. The molecule has 0 bridgehead atoms. The van der Waals surface area contributed by atoms with Crippen molar-refractivity contribution < 1.29 is 13.2 Å². The first-order valence-corrected chi connectivity index (χ1v) is 17.4. The van der Waals surface area contributed by atoms with Crippen molar-refractivity contribution in [2.75, 3.05) is 50.9 Å². The number of benzene rings is 3. The minimum Gasteiger partial charge on any atom is -0.382 e. The van der Waals surface area contributed by atoms with Gasteiger partial charge in [0.25, 0.3) is 15.9 Å². The fourth-order valence-corrected chi connectivity index (χ4v) is 6.56. The zero-order valence-electron chi connectivity index (χ0n) is 27.4. The fraction of sp³-hybridized carbons (Fsp3) is 0.250. The summed E-state index contributed by atoms with van der Waals surface area (Å²) in [5, 5.41) is 10.6. The monoisotopic (exact) mass is 685 g/mol. The van der Waals surface area contributed by atoms with E-state index in [9.17, 15) is 13.2 Å². The van der Waals surface area contributed by atoms with Crippen LogP contribution in [0.5, 0.6) is 0 Å². The molecule has 0 saturated heterocycles. The van der Waals surface area contributed by atoms with E-state index in [1.807, 2.05) is 52.2 Å². The molecule has 250 valence electrons. The van der Waals surface area contributed by atoms with E-state index in [-0.39, 0.29) is 21.2 Å². The number of nitrogens with one attached hydrogen (secondary N) is 3. The summed E-state index contributed by atoms with van der Waals surface area (Å²) in [5.74, 6) is 0.170. The number of carbonyl (C=O) groups excluding carboxylic acids is 1. The van der Waals surface area contributed by atoms with E-state index >= 15 is 0 Å². The Kier molecular flexibility index (Phi) is 10.8. The van der Waals surface area contributed by atoms with Crippen LogP contribution in [0.4, 0.5) is 11.6 Å². The van der Waals surface area contributed by atoms with Gasteiger partial charge in [0.15, 0.2) is 0 Å². The Balaban J connectivity index is 1.24. The summed E-state index contributed by atoms with van der Waals surface area (Å²) in [5.41, 5.74) is 2.63. The molecule has 3 N–H and O–H groups in total. The number of rotatable bonds is 14. The first-order valence-electron chi connectivity index (χ1n) is 15.5. The van der Waals surface area contributed by atoms with Gasteiger partial charge in [-0.05, 0) is 62.0 Å². The lowest BCUT2D eigenvalue weighted by molar-refractivity contribution is 0.0938. The summed E-state index contributed by atoms with van der Waals surface area (Å²) < 4.78 is 28.5. The van der Waals surface area contributed by atoms with Gasteiger partial charge in [0.05, 0.1) is 27.3 Å². The van der Waals surface area contributed by atoms with Gasteiger partial charge >= 0.3 is 0 Å². The Bertz CT molecular complexity index is 2010. The molecular formula is C36H40ClN7O3S. The molecule has 0 fully saturated rings. The van der Waals surface area contributed by atoms with Crippen LogP contribution in [0, 0.1) is 5.41 Å². The summed E-state index contributed by atoms with van der Waals surface area (Å²) >= 11 is 6.59. The normalized spacial score (nSPS) is 12.1. The van der Waals surface area contributed by atoms with E-state index in [1.165, 1.54) is 10.2 Å². The maximum absolute atomic E-state index is 13.6. The topological polar surface area (TPSA) is 121 Å². The zero-order valence-corrected chi connectivity index (χ0v) is 29.0. The third kappa shape index (κ3) is 8.41. The summed E-state index contributed by atoms with van der Waals surface area (Å²) in [6, 6.07) is 22.9. The molecular weight excluding hydrogens is 646 g/mol. The fourth-order valence-electron chi connectivity index (χ4n) is 4.97. The van der Waals surface area contributed by atoms with Crippen molar-refractivity contribution in [3.05, 3.63) is 114 Å². The summed E-state index contributed by atoms with van der Waals surface area (Å²) in [6.07, 6.45) is 7.23. The second-order valence-electron chi connectivity index (χ2n) is 12.5. The average molecular weight is 686 g/mol. The lowest BCUT2D eigenvalue weighted by atomic mass is 9.93. The van der Waals surface area contributed by atoms with Gasteiger partial charge in [0.1, 0.15) is 0 Å². The Labute approximate surface area is 286 Å². The number of anilines is 2. The summed E-state index contributed by atoms with van der Waals surface area (Å²) in [4.78, 5) is 24.2. The highest BCUT2D eigenvalue weighted by molar-refractivity contribution is 7.90. The van der Waals surface area contributed by atoms with Crippen LogP contribution < -0.4 is 16.0 Å². The van der Waals surface area contributed by atoms with Gasteiger partial charge in [-0.15, -0.1) is 0 Å². The molecule has 0 saturated carbocycles. The Morgan fingerprint density at radius 3 is 2.38 bits per heavy atom. The second kappa shape index (κ2) is 15.0. The van der Waals surface area contributed by atoms with Crippen LogP contribution in [-0.2, 0) is 10.0 Å². The quantitative estimate of drug-likeness (QED) is 0.115. The molecule has 2 aromatic heterocycles. The van der Waals surface area contributed by atoms with Crippen LogP contribution in [0.3, 0.4) is 0 Å².